The number of nitrogens with zero attached hydrogens (tertiary/aromatic N) is 1. The molecule has 0 bridgehead atoms. The van der Waals surface area contributed by atoms with E-state index in [-0.39, 0.29) is 17.9 Å². The molecule has 2 amide bonds. The van der Waals surface area contributed by atoms with Gasteiger partial charge in [0.15, 0.2) is 0 Å². The van der Waals surface area contributed by atoms with Gasteiger partial charge >= 0.3 is 10.1 Å². The molecule has 1 aliphatic heterocycles. The maximum Gasteiger partial charge on any atom is 0.312 e. The van der Waals surface area contributed by atoms with Crippen LogP contribution >= 0.6 is 11.6 Å². The Labute approximate surface area is 85.2 Å². The summed E-state index contributed by atoms with van der Waals surface area (Å²) in [7, 11) is -4.11. The van der Waals surface area contributed by atoms with E-state index in [2.05, 4.69) is 4.28 Å². The van der Waals surface area contributed by atoms with Gasteiger partial charge in [0.05, 0.1) is 5.41 Å². The predicted octanol–water partition coefficient (Wildman–Crippen LogP) is 0.107. The van der Waals surface area contributed by atoms with Gasteiger partial charge < -0.3 is 0 Å². The second-order valence-electron chi connectivity index (χ2n) is 2.41. The lowest BCUT2D eigenvalue weighted by Gasteiger charge is -2.09. The van der Waals surface area contributed by atoms with Crippen LogP contribution < -0.4 is 0 Å². The van der Waals surface area contributed by atoms with E-state index in [1.807, 2.05) is 0 Å². The molecular formula is C6H6ClNO5S. The van der Waals surface area contributed by atoms with E-state index in [0.29, 0.717) is 10.9 Å². The Hall–Kier alpha value is -0.920. The second-order valence-corrected chi connectivity index (χ2v) is 4.07. The van der Waals surface area contributed by atoms with Crippen LogP contribution in [-0.4, -0.2) is 25.3 Å². The first-order valence-electron chi connectivity index (χ1n) is 3.53. The van der Waals surface area contributed by atoms with Crippen molar-refractivity contribution in [3.63, 3.8) is 0 Å². The van der Waals surface area contributed by atoms with Crippen molar-refractivity contribution in [2.45, 2.75) is 12.8 Å². The molecular weight excluding hydrogens is 234 g/mol. The lowest BCUT2D eigenvalue weighted by Crippen LogP contribution is -2.31. The van der Waals surface area contributed by atoms with Crippen LogP contribution in [-0.2, 0) is 24.0 Å². The van der Waals surface area contributed by atoms with Gasteiger partial charge in [-0.25, -0.2) is 0 Å². The zero-order chi connectivity index (χ0) is 10.8. The van der Waals surface area contributed by atoms with Crippen LogP contribution in [0.25, 0.3) is 0 Å². The van der Waals surface area contributed by atoms with Crippen molar-refractivity contribution < 1.29 is 22.3 Å². The molecule has 0 aromatic heterocycles. The number of carbonyl (C=O) groups is 2. The molecule has 1 rings (SSSR count). The standard InChI is InChI=1S/C6H6ClNO5S/c7-3-4-14(11,12)13-8-5(9)1-2-6(8)10/h3-4H,1-2H2. The number of amides is 2. The van der Waals surface area contributed by atoms with Crippen LogP contribution in [0.5, 0.6) is 0 Å². The summed E-state index contributed by atoms with van der Waals surface area (Å²) in [6.07, 6.45) is -0.0854. The van der Waals surface area contributed by atoms with Crippen molar-refractivity contribution in [2.75, 3.05) is 0 Å². The first-order chi connectivity index (χ1) is 6.46. The number of rotatable bonds is 3. The molecule has 78 valence electrons. The molecule has 1 fully saturated rings. The summed E-state index contributed by atoms with van der Waals surface area (Å²) in [5, 5.41) is 0.764. The third-order valence-corrected chi connectivity index (χ3v) is 2.50. The summed E-state index contributed by atoms with van der Waals surface area (Å²) in [4.78, 5) is 21.9. The number of carbonyl (C=O) groups excluding carboxylic acids is 2. The largest absolute Gasteiger partial charge is 0.312 e. The third-order valence-electron chi connectivity index (χ3n) is 1.40. The van der Waals surface area contributed by atoms with Gasteiger partial charge in [0.2, 0.25) is 0 Å². The molecule has 0 aromatic carbocycles. The molecule has 1 heterocycles. The van der Waals surface area contributed by atoms with Crippen LogP contribution in [0.2, 0.25) is 0 Å². The summed E-state index contributed by atoms with van der Waals surface area (Å²) >= 11 is 5.02. The van der Waals surface area contributed by atoms with Gasteiger partial charge in [-0.1, -0.05) is 11.6 Å². The fraction of sp³-hybridized carbons (Fsp3) is 0.333. The van der Waals surface area contributed by atoms with Gasteiger partial charge in [0, 0.05) is 18.4 Å². The Morgan fingerprint density at radius 1 is 1.29 bits per heavy atom. The molecule has 0 aliphatic carbocycles. The van der Waals surface area contributed by atoms with E-state index in [1.54, 1.807) is 0 Å². The number of hydroxylamine groups is 2. The molecule has 0 N–H and O–H groups in total. The van der Waals surface area contributed by atoms with Crippen LogP contribution in [0.15, 0.2) is 10.9 Å². The topological polar surface area (TPSA) is 80.8 Å². The highest BCUT2D eigenvalue weighted by Gasteiger charge is 2.33. The average Bonchev–Trinajstić information content (AvgIpc) is 2.35. The maximum atomic E-state index is 10.9. The van der Waals surface area contributed by atoms with E-state index < -0.39 is 21.9 Å². The maximum absolute atomic E-state index is 10.9. The first-order valence-corrected chi connectivity index (χ1v) is 5.44. The zero-order valence-corrected chi connectivity index (χ0v) is 8.42. The minimum Gasteiger partial charge on any atom is -0.272 e. The third kappa shape index (κ3) is 2.53. The van der Waals surface area contributed by atoms with Crippen LogP contribution in [0.4, 0.5) is 0 Å². The molecule has 14 heavy (non-hydrogen) atoms. The van der Waals surface area contributed by atoms with Crippen molar-refractivity contribution in [3.8, 4) is 0 Å². The van der Waals surface area contributed by atoms with Gasteiger partial charge in [-0.15, -0.1) is 9.35 Å². The van der Waals surface area contributed by atoms with E-state index >= 15 is 0 Å². The van der Waals surface area contributed by atoms with Crippen molar-refractivity contribution in [2.24, 2.45) is 0 Å². The van der Waals surface area contributed by atoms with Gasteiger partial charge in [-0.05, 0) is 0 Å². The van der Waals surface area contributed by atoms with E-state index in [0.717, 1.165) is 0 Å². The Morgan fingerprint density at radius 3 is 2.21 bits per heavy atom. The number of hydrogen-bond acceptors (Lipinski definition) is 5. The summed E-state index contributed by atoms with van der Waals surface area (Å²) < 4.78 is 26.1. The van der Waals surface area contributed by atoms with Crippen LogP contribution in [0.1, 0.15) is 12.8 Å². The Morgan fingerprint density at radius 2 is 1.79 bits per heavy atom. The molecule has 0 atom stereocenters. The number of halogens is 1. The zero-order valence-electron chi connectivity index (χ0n) is 6.84. The van der Waals surface area contributed by atoms with Crippen molar-refractivity contribution in [1.29, 1.82) is 0 Å². The summed E-state index contributed by atoms with van der Waals surface area (Å²) in [6, 6.07) is 0. The van der Waals surface area contributed by atoms with Gasteiger partial charge in [-0.2, -0.15) is 8.42 Å². The minimum absolute atomic E-state index is 0.0427. The van der Waals surface area contributed by atoms with E-state index in [9.17, 15) is 18.0 Å². The summed E-state index contributed by atoms with van der Waals surface area (Å²) in [5.74, 6) is -1.36. The Bertz CT molecular complexity index is 371. The molecule has 1 aliphatic rings. The predicted molar refractivity (Wildman–Crippen MR) is 46.1 cm³/mol. The molecule has 6 nitrogen and oxygen atoms in total. The molecule has 0 radical (unpaired) electrons. The smallest absolute Gasteiger partial charge is 0.272 e. The highest BCUT2D eigenvalue weighted by atomic mass is 35.5. The number of hydrogen-bond donors (Lipinski definition) is 0. The van der Waals surface area contributed by atoms with Crippen molar-refractivity contribution in [3.05, 3.63) is 10.9 Å². The normalized spacial score (nSPS) is 18.5. The fourth-order valence-corrected chi connectivity index (χ4v) is 1.76. The quantitative estimate of drug-likeness (QED) is 0.653. The summed E-state index contributed by atoms with van der Waals surface area (Å²) in [5.41, 5.74) is 0.709. The van der Waals surface area contributed by atoms with Gasteiger partial charge in [-0.3, -0.25) is 9.59 Å². The van der Waals surface area contributed by atoms with Crippen LogP contribution in [0, 0.1) is 0 Å². The Balaban J connectivity index is 2.78. The van der Waals surface area contributed by atoms with E-state index in [4.69, 9.17) is 11.6 Å². The van der Waals surface area contributed by atoms with Crippen LogP contribution in [0.3, 0.4) is 0 Å². The van der Waals surface area contributed by atoms with Crippen molar-refractivity contribution >= 4 is 33.5 Å². The highest BCUT2D eigenvalue weighted by molar-refractivity contribution is 7.89. The SMILES string of the molecule is O=C1CCC(=O)N1OS(=O)(=O)C=CCl. The molecule has 0 spiro atoms. The average molecular weight is 240 g/mol. The molecule has 0 aromatic rings. The molecule has 0 saturated carbocycles. The lowest BCUT2D eigenvalue weighted by molar-refractivity contribution is -0.163. The minimum atomic E-state index is -4.11. The van der Waals surface area contributed by atoms with E-state index in [1.165, 1.54) is 0 Å². The second kappa shape index (κ2) is 4.07. The lowest BCUT2D eigenvalue weighted by atomic mass is 10.4. The fourth-order valence-electron chi connectivity index (χ4n) is 0.831. The number of imide groups is 1. The molecule has 8 heteroatoms. The summed E-state index contributed by atoms with van der Waals surface area (Å²) in [6.45, 7) is 0. The monoisotopic (exact) mass is 239 g/mol. The van der Waals surface area contributed by atoms with Gasteiger partial charge in [0.25, 0.3) is 11.8 Å². The van der Waals surface area contributed by atoms with Crippen molar-refractivity contribution in [1.82, 2.24) is 5.06 Å². The van der Waals surface area contributed by atoms with Gasteiger partial charge in [0.1, 0.15) is 0 Å². The highest BCUT2D eigenvalue weighted by Crippen LogP contribution is 2.14. The molecule has 1 saturated heterocycles. The first kappa shape index (κ1) is 11.2. The Kier molecular flexibility index (Phi) is 3.25. The molecule has 0 unspecified atom stereocenters.